The van der Waals surface area contributed by atoms with Crippen LogP contribution in [-0.4, -0.2) is 11.6 Å². The minimum atomic E-state index is -0.0331. The summed E-state index contributed by atoms with van der Waals surface area (Å²) in [7, 11) is 0. The molecule has 0 aromatic heterocycles. The quantitative estimate of drug-likeness (QED) is 0.155. The summed E-state index contributed by atoms with van der Waals surface area (Å²) >= 11 is 2.81. The number of carbonyl (C=O) groups excluding carboxylic acids is 2. The summed E-state index contributed by atoms with van der Waals surface area (Å²) in [6, 6.07) is 36.8. The largest absolute Gasteiger partial charge is 0.288 e. The monoisotopic (exact) mass is 498 g/mol. The van der Waals surface area contributed by atoms with Crippen molar-refractivity contribution in [2.24, 2.45) is 0 Å². The number of rotatable bonds is 0. The first-order chi connectivity index (χ1) is 17.7. The van der Waals surface area contributed by atoms with E-state index >= 15 is 0 Å². The Kier molecular flexibility index (Phi) is 4.98. The average Bonchev–Trinajstić information content (AvgIpc) is 3.44. The first-order valence-electron chi connectivity index (χ1n) is 11.7. The highest BCUT2D eigenvalue weighted by Gasteiger charge is 2.35. The Bertz CT molecular complexity index is 1690. The van der Waals surface area contributed by atoms with Crippen LogP contribution in [0.4, 0.5) is 0 Å². The van der Waals surface area contributed by atoms with Gasteiger partial charge in [0, 0.05) is 20.9 Å². The first kappa shape index (κ1) is 21.4. The van der Waals surface area contributed by atoms with Crippen LogP contribution >= 0.6 is 23.5 Å². The van der Waals surface area contributed by atoms with E-state index in [1.54, 1.807) is 0 Å². The predicted molar refractivity (Wildman–Crippen MR) is 150 cm³/mol. The summed E-state index contributed by atoms with van der Waals surface area (Å²) in [6.07, 6.45) is 0. The third-order valence-electron chi connectivity index (χ3n) is 6.70. The molecular formula is C32H18O2S2. The van der Waals surface area contributed by atoms with E-state index < -0.39 is 0 Å². The molecule has 4 heteroatoms. The van der Waals surface area contributed by atoms with E-state index in [0.717, 1.165) is 9.79 Å². The summed E-state index contributed by atoms with van der Waals surface area (Å²) in [4.78, 5) is 27.9. The molecule has 0 saturated heterocycles. The lowest BCUT2D eigenvalue weighted by molar-refractivity contribution is 0.101. The molecular weight excluding hydrogens is 480 g/mol. The van der Waals surface area contributed by atoms with E-state index in [1.807, 2.05) is 48.5 Å². The zero-order valence-electron chi connectivity index (χ0n) is 19.0. The number of fused-ring (bicyclic) bond motifs is 2. The fourth-order valence-electron chi connectivity index (χ4n) is 5.01. The molecule has 2 aliphatic heterocycles. The Morgan fingerprint density at radius 3 is 1.11 bits per heavy atom. The molecule has 8 rings (SSSR count). The molecule has 0 saturated carbocycles. The van der Waals surface area contributed by atoms with Gasteiger partial charge in [-0.25, -0.2) is 0 Å². The summed E-state index contributed by atoms with van der Waals surface area (Å²) in [5.41, 5.74) is 1.40. The van der Waals surface area contributed by atoms with Crippen LogP contribution in [0.1, 0.15) is 20.7 Å². The van der Waals surface area contributed by atoms with Crippen molar-refractivity contribution in [3.63, 3.8) is 0 Å². The Labute approximate surface area is 216 Å². The number of Topliss-reactive ketones (excluding diaryl/α,β-unsaturated/α-hetero) is 2. The van der Waals surface area contributed by atoms with Crippen molar-refractivity contribution >= 4 is 67.4 Å². The summed E-state index contributed by atoms with van der Waals surface area (Å²) < 4.78 is 0. The Morgan fingerprint density at radius 1 is 0.389 bits per heavy atom. The lowest BCUT2D eigenvalue weighted by atomic mass is 9.95. The minimum Gasteiger partial charge on any atom is -0.288 e. The molecule has 0 amide bonds. The molecule has 0 spiro atoms. The van der Waals surface area contributed by atoms with E-state index in [4.69, 9.17) is 0 Å². The summed E-state index contributed by atoms with van der Waals surface area (Å²) in [6.45, 7) is 0. The molecule has 36 heavy (non-hydrogen) atoms. The zero-order valence-corrected chi connectivity index (χ0v) is 20.7. The molecule has 2 aliphatic rings. The molecule has 2 nitrogen and oxygen atoms in total. The normalized spacial score (nSPS) is 16.4. The van der Waals surface area contributed by atoms with E-state index in [2.05, 4.69) is 60.7 Å². The van der Waals surface area contributed by atoms with Gasteiger partial charge in [0.2, 0.25) is 11.6 Å². The third kappa shape index (κ3) is 3.29. The van der Waals surface area contributed by atoms with Gasteiger partial charge in [0.25, 0.3) is 0 Å². The van der Waals surface area contributed by atoms with E-state index in [-0.39, 0.29) is 11.6 Å². The average molecular weight is 499 g/mol. The lowest BCUT2D eigenvalue weighted by Gasteiger charge is -2.09. The van der Waals surface area contributed by atoms with Crippen molar-refractivity contribution in [3.05, 3.63) is 130 Å². The highest BCUT2D eigenvalue weighted by molar-refractivity contribution is 8.08. The minimum absolute atomic E-state index is 0.0331. The molecule has 0 atom stereocenters. The maximum atomic E-state index is 12.4. The van der Waals surface area contributed by atoms with Crippen molar-refractivity contribution in [3.8, 4) is 0 Å². The molecule has 0 bridgehead atoms. The van der Waals surface area contributed by atoms with Crippen LogP contribution < -0.4 is 0 Å². The van der Waals surface area contributed by atoms with Crippen LogP contribution in [0.5, 0.6) is 0 Å². The van der Waals surface area contributed by atoms with Gasteiger partial charge >= 0.3 is 0 Å². The van der Waals surface area contributed by atoms with Crippen molar-refractivity contribution < 1.29 is 9.59 Å². The van der Waals surface area contributed by atoms with Crippen molar-refractivity contribution in [1.29, 1.82) is 0 Å². The van der Waals surface area contributed by atoms with Crippen LogP contribution in [0.3, 0.4) is 0 Å². The SMILES string of the molecule is O=C1/C(=C2/Sc3ccccc3C2=O)Sc2ccccc21.c1cc2ccc3cccc4ccc(c1)c2c34. The second-order valence-electron chi connectivity index (χ2n) is 8.80. The van der Waals surface area contributed by atoms with Gasteiger partial charge in [-0.3, -0.25) is 9.59 Å². The molecule has 0 unspecified atom stereocenters. The maximum absolute atomic E-state index is 12.4. The number of hydrogen-bond donors (Lipinski definition) is 0. The molecule has 0 N–H and O–H groups in total. The smallest absolute Gasteiger partial charge is 0.202 e. The lowest BCUT2D eigenvalue weighted by Crippen LogP contribution is -2.01. The predicted octanol–water partition coefficient (Wildman–Crippen LogP) is 8.76. The molecule has 170 valence electrons. The van der Waals surface area contributed by atoms with E-state index in [0.29, 0.717) is 20.9 Å². The second-order valence-corrected chi connectivity index (χ2v) is 10.9. The Balaban J connectivity index is 0.000000125. The highest BCUT2D eigenvalue weighted by atomic mass is 32.2. The molecule has 6 aromatic carbocycles. The number of hydrogen-bond acceptors (Lipinski definition) is 4. The Morgan fingerprint density at radius 2 is 0.750 bits per heavy atom. The van der Waals surface area contributed by atoms with Gasteiger partial charge in [0.1, 0.15) is 0 Å². The maximum Gasteiger partial charge on any atom is 0.202 e. The van der Waals surface area contributed by atoms with Gasteiger partial charge in [-0.2, -0.15) is 0 Å². The van der Waals surface area contributed by atoms with Crippen molar-refractivity contribution in [2.45, 2.75) is 9.79 Å². The number of allylic oxidation sites excluding steroid dienone is 2. The third-order valence-corrected chi connectivity index (χ3v) is 9.17. The first-order valence-corrected chi connectivity index (χ1v) is 13.3. The van der Waals surface area contributed by atoms with Gasteiger partial charge < -0.3 is 0 Å². The number of carbonyl (C=O) groups is 2. The fourth-order valence-corrected chi connectivity index (χ4v) is 7.31. The van der Waals surface area contributed by atoms with E-state index in [9.17, 15) is 9.59 Å². The van der Waals surface area contributed by atoms with Crippen LogP contribution in [0.15, 0.2) is 129 Å². The van der Waals surface area contributed by atoms with Gasteiger partial charge in [-0.1, -0.05) is 108 Å². The van der Waals surface area contributed by atoms with E-state index in [1.165, 1.54) is 55.8 Å². The standard InChI is InChI=1S/C16H8O2S2.C16H10/c17-13-9-5-1-3-7-11(9)19-15(13)16-14(18)10-6-2-4-8-12(10)20-16;1-3-11-7-9-13-5-2-6-14-10-8-12(4-1)15(11)16(13)14/h1-8H;1-10H/b16-15-;. The number of benzene rings is 6. The van der Waals surface area contributed by atoms with Crippen LogP contribution in [0.2, 0.25) is 0 Å². The van der Waals surface area contributed by atoms with Crippen molar-refractivity contribution in [1.82, 2.24) is 0 Å². The highest BCUT2D eigenvalue weighted by Crippen LogP contribution is 2.49. The Hall–Kier alpha value is -3.86. The second kappa shape index (κ2) is 8.37. The number of ketones is 2. The van der Waals surface area contributed by atoms with Crippen molar-refractivity contribution in [2.75, 3.05) is 0 Å². The molecule has 0 aliphatic carbocycles. The summed E-state index contributed by atoms with van der Waals surface area (Å²) in [5, 5.41) is 8.14. The molecule has 0 fully saturated rings. The van der Waals surface area contributed by atoms with Crippen LogP contribution in [0.25, 0.3) is 32.3 Å². The topological polar surface area (TPSA) is 34.1 Å². The summed E-state index contributed by atoms with van der Waals surface area (Å²) in [5.74, 6) is -0.0662. The number of thioether (sulfide) groups is 2. The van der Waals surface area contributed by atoms with Crippen LogP contribution in [0, 0.1) is 0 Å². The molecule has 0 radical (unpaired) electrons. The fraction of sp³-hybridized carbons (Fsp3) is 0. The van der Waals surface area contributed by atoms with Gasteiger partial charge in [0.05, 0.1) is 9.81 Å². The molecule has 6 aromatic rings. The zero-order chi connectivity index (χ0) is 24.2. The van der Waals surface area contributed by atoms with Gasteiger partial charge in [-0.05, 0) is 56.6 Å². The molecule has 2 heterocycles. The van der Waals surface area contributed by atoms with Crippen LogP contribution in [-0.2, 0) is 0 Å². The van der Waals surface area contributed by atoms with Gasteiger partial charge in [0.15, 0.2) is 0 Å². The van der Waals surface area contributed by atoms with Gasteiger partial charge in [-0.15, -0.1) is 0 Å².